The molecule has 0 amide bonds. The summed E-state index contributed by atoms with van der Waals surface area (Å²) in [4.78, 5) is 0. The van der Waals surface area contributed by atoms with E-state index >= 15 is 0 Å². The maximum Gasteiger partial charge on any atom is 0.167 e. The Morgan fingerprint density at radius 3 is 2.58 bits per heavy atom. The van der Waals surface area contributed by atoms with Crippen LogP contribution in [0.15, 0.2) is 71.2 Å². The molecule has 2 aliphatic rings. The zero-order chi connectivity index (χ0) is 23.7. The Balaban J connectivity index is 1.54. The lowest BCUT2D eigenvalue weighted by molar-refractivity contribution is 0.354. The van der Waals surface area contributed by atoms with Gasteiger partial charge in [-0.2, -0.15) is 0 Å². The Hall–Kier alpha value is -2.65. The first-order valence-corrected chi connectivity index (χ1v) is 12.5. The molecule has 1 heterocycles. The molecule has 3 unspecified atom stereocenters. The highest BCUT2D eigenvalue weighted by molar-refractivity contribution is 8.03. The summed E-state index contributed by atoms with van der Waals surface area (Å²) in [6, 6.07) is 13.2. The van der Waals surface area contributed by atoms with Crippen LogP contribution < -0.4 is 9.47 Å². The van der Waals surface area contributed by atoms with Crippen LogP contribution in [0, 0.1) is 12.8 Å². The van der Waals surface area contributed by atoms with Crippen molar-refractivity contribution in [3.8, 4) is 11.5 Å². The molecule has 2 nitrogen and oxygen atoms in total. The summed E-state index contributed by atoms with van der Waals surface area (Å²) in [6.07, 6.45) is 5.27. The summed E-state index contributed by atoms with van der Waals surface area (Å²) >= 11 is 1.98. The van der Waals surface area contributed by atoms with Crippen LogP contribution in [0.4, 0.5) is 0 Å². The standard InChI is InChI=1S/C30H34O2S/c1-8-22-14-25(16-28(31-6)29(22)32-7)20(4)24-13-19(3)26(15-24)30-21(5)27(17-33-30)23-11-9-10-18(2)12-23/h8-14,16-17,20-21,30H,1,15H2,2-7H3. The molecule has 0 aromatic heterocycles. The summed E-state index contributed by atoms with van der Waals surface area (Å²) in [5.41, 5.74) is 10.8. The molecule has 0 N–H and O–H groups in total. The van der Waals surface area contributed by atoms with Crippen molar-refractivity contribution >= 4 is 23.4 Å². The van der Waals surface area contributed by atoms with Gasteiger partial charge in [0.2, 0.25) is 0 Å². The van der Waals surface area contributed by atoms with E-state index in [0.717, 1.165) is 23.5 Å². The van der Waals surface area contributed by atoms with Gasteiger partial charge in [0.15, 0.2) is 11.5 Å². The highest BCUT2D eigenvalue weighted by Gasteiger charge is 2.34. The lowest BCUT2D eigenvalue weighted by atomic mass is 9.85. The van der Waals surface area contributed by atoms with E-state index in [1.165, 1.54) is 33.4 Å². The average molecular weight is 459 g/mol. The summed E-state index contributed by atoms with van der Waals surface area (Å²) in [6.45, 7) is 13.1. The smallest absolute Gasteiger partial charge is 0.167 e. The largest absolute Gasteiger partial charge is 0.493 e. The molecule has 3 atom stereocenters. The number of hydrogen-bond donors (Lipinski definition) is 0. The van der Waals surface area contributed by atoms with Crippen LogP contribution in [0.1, 0.15) is 55.4 Å². The predicted octanol–water partition coefficient (Wildman–Crippen LogP) is 8.20. The number of allylic oxidation sites excluding steroid dienone is 4. The summed E-state index contributed by atoms with van der Waals surface area (Å²) < 4.78 is 11.2. The van der Waals surface area contributed by atoms with Crippen molar-refractivity contribution in [2.24, 2.45) is 5.92 Å². The van der Waals surface area contributed by atoms with Gasteiger partial charge in [0.1, 0.15) is 0 Å². The van der Waals surface area contributed by atoms with Crippen molar-refractivity contribution in [3.05, 3.63) is 93.4 Å². The van der Waals surface area contributed by atoms with Gasteiger partial charge in [0.05, 0.1) is 14.2 Å². The third-order valence-electron chi connectivity index (χ3n) is 7.09. The summed E-state index contributed by atoms with van der Waals surface area (Å²) in [5, 5.41) is 2.88. The van der Waals surface area contributed by atoms with E-state index in [0.29, 0.717) is 17.1 Å². The number of ether oxygens (including phenoxy) is 2. The Bertz CT molecular complexity index is 1170. The fraction of sp³-hybridized carbons (Fsp3) is 0.333. The highest BCUT2D eigenvalue weighted by Crippen LogP contribution is 2.49. The van der Waals surface area contributed by atoms with Crippen LogP contribution in [0.2, 0.25) is 0 Å². The third-order valence-corrected chi connectivity index (χ3v) is 8.47. The van der Waals surface area contributed by atoms with Crippen LogP contribution in [0.5, 0.6) is 11.5 Å². The fourth-order valence-electron chi connectivity index (χ4n) is 5.09. The average Bonchev–Trinajstić information content (AvgIpc) is 3.39. The minimum Gasteiger partial charge on any atom is -0.493 e. The number of hydrogen-bond acceptors (Lipinski definition) is 3. The van der Waals surface area contributed by atoms with E-state index in [-0.39, 0.29) is 0 Å². The Labute approximate surface area is 203 Å². The monoisotopic (exact) mass is 458 g/mol. The van der Waals surface area contributed by atoms with Gasteiger partial charge in [0.25, 0.3) is 0 Å². The molecule has 0 saturated heterocycles. The normalized spacial score (nSPS) is 21.0. The first kappa shape index (κ1) is 23.5. The third kappa shape index (κ3) is 4.44. The lowest BCUT2D eigenvalue weighted by Gasteiger charge is -2.23. The van der Waals surface area contributed by atoms with E-state index in [2.05, 4.69) is 82.2 Å². The first-order valence-electron chi connectivity index (χ1n) is 11.6. The molecule has 33 heavy (non-hydrogen) atoms. The van der Waals surface area contributed by atoms with Crippen LogP contribution in [0.25, 0.3) is 11.6 Å². The number of rotatable bonds is 7. The van der Waals surface area contributed by atoms with Crippen molar-refractivity contribution < 1.29 is 9.47 Å². The summed E-state index contributed by atoms with van der Waals surface area (Å²) in [7, 11) is 3.36. The van der Waals surface area contributed by atoms with Crippen molar-refractivity contribution in [2.75, 3.05) is 14.2 Å². The van der Waals surface area contributed by atoms with Gasteiger partial charge in [-0.3, -0.25) is 0 Å². The second-order valence-corrected chi connectivity index (χ2v) is 10.2. The molecular formula is C30H34O2S. The molecule has 2 aromatic carbocycles. The second kappa shape index (κ2) is 9.69. The number of benzene rings is 2. The number of methoxy groups -OCH3 is 2. The molecule has 1 aliphatic heterocycles. The van der Waals surface area contributed by atoms with E-state index in [1.807, 2.05) is 17.8 Å². The Morgan fingerprint density at radius 2 is 1.91 bits per heavy atom. The predicted molar refractivity (Wildman–Crippen MR) is 143 cm³/mol. The maximum atomic E-state index is 5.62. The quantitative estimate of drug-likeness (QED) is 0.416. The van der Waals surface area contributed by atoms with Gasteiger partial charge in [-0.05, 0) is 66.0 Å². The second-order valence-electron chi connectivity index (χ2n) is 9.16. The number of thioether (sulfide) groups is 1. The molecule has 0 fully saturated rings. The van der Waals surface area contributed by atoms with Crippen molar-refractivity contribution in [3.63, 3.8) is 0 Å². The number of aryl methyl sites for hydroxylation is 1. The summed E-state index contributed by atoms with van der Waals surface area (Å²) in [5.74, 6) is 2.29. The van der Waals surface area contributed by atoms with E-state index in [1.54, 1.807) is 19.8 Å². The molecule has 0 bridgehead atoms. The molecule has 0 radical (unpaired) electrons. The zero-order valence-electron chi connectivity index (χ0n) is 20.6. The van der Waals surface area contributed by atoms with Crippen molar-refractivity contribution in [1.29, 1.82) is 0 Å². The zero-order valence-corrected chi connectivity index (χ0v) is 21.4. The van der Waals surface area contributed by atoms with Gasteiger partial charge < -0.3 is 9.47 Å². The van der Waals surface area contributed by atoms with Gasteiger partial charge in [-0.1, -0.05) is 73.6 Å². The van der Waals surface area contributed by atoms with Gasteiger partial charge >= 0.3 is 0 Å². The lowest BCUT2D eigenvalue weighted by Crippen LogP contribution is -2.15. The minimum atomic E-state index is 0.293. The topological polar surface area (TPSA) is 18.5 Å². The van der Waals surface area contributed by atoms with Gasteiger partial charge in [0, 0.05) is 16.7 Å². The van der Waals surface area contributed by atoms with Crippen LogP contribution in [-0.4, -0.2) is 19.5 Å². The van der Waals surface area contributed by atoms with Gasteiger partial charge in [-0.15, -0.1) is 11.8 Å². The van der Waals surface area contributed by atoms with E-state index in [9.17, 15) is 0 Å². The minimum absolute atomic E-state index is 0.293. The molecule has 0 saturated carbocycles. The SMILES string of the molecule is C=Cc1cc(C(C)C2=CC(C)=C(C3SC=C(c4cccc(C)c4)C3C)C2)cc(OC)c1OC. The molecular weight excluding hydrogens is 424 g/mol. The highest BCUT2D eigenvalue weighted by atomic mass is 32.2. The molecule has 2 aromatic rings. The van der Waals surface area contributed by atoms with Crippen molar-refractivity contribution in [2.45, 2.75) is 45.3 Å². The van der Waals surface area contributed by atoms with E-state index in [4.69, 9.17) is 9.47 Å². The molecule has 4 rings (SSSR count). The molecule has 172 valence electrons. The van der Waals surface area contributed by atoms with Crippen LogP contribution in [0.3, 0.4) is 0 Å². The Morgan fingerprint density at radius 1 is 1.12 bits per heavy atom. The van der Waals surface area contributed by atoms with Gasteiger partial charge in [-0.25, -0.2) is 0 Å². The van der Waals surface area contributed by atoms with Crippen molar-refractivity contribution in [1.82, 2.24) is 0 Å². The maximum absolute atomic E-state index is 5.62. The van der Waals surface area contributed by atoms with Crippen LogP contribution in [-0.2, 0) is 0 Å². The van der Waals surface area contributed by atoms with E-state index < -0.39 is 0 Å². The Kier molecular flexibility index (Phi) is 6.90. The molecule has 0 spiro atoms. The fourth-order valence-corrected chi connectivity index (χ4v) is 6.55. The van der Waals surface area contributed by atoms with Crippen LogP contribution >= 0.6 is 11.8 Å². The molecule has 1 aliphatic carbocycles. The molecule has 3 heteroatoms. The first-order chi connectivity index (χ1) is 15.9.